The van der Waals surface area contributed by atoms with Crippen molar-refractivity contribution < 1.29 is 18.7 Å². The number of aryl methyl sites for hydroxylation is 1. The fourth-order valence-electron chi connectivity index (χ4n) is 2.40. The zero-order valence-corrected chi connectivity index (χ0v) is 15.2. The quantitative estimate of drug-likeness (QED) is 0.645. The normalized spacial score (nSPS) is 10.7. The van der Waals surface area contributed by atoms with Crippen molar-refractivity contribution >= 4 is 34.2 Å². The largest absolute Gasteiger partial charge is 0.450 e. The third-order valence-electron chi connectivity index (χ3n) is 3.81. The summed E-state index contributed by atoms with van der Waals surface area (Å²) in [6.07, 6.45) is 0. The summed E-state index contributed by atoms with van der Waals surface area (Å²) in [4.78, 5) is 38.9. The molecule has 134 valence electrons. The lowest BCUT2D eigenvalue weighted by molar-refractivity contribution is -0.133. The first-order valence-corrected chi connectivity index (χ1v) is 8.80. The number of nitrogens with zero attached hydrogens (tertiary/aromatic N) is 1. The van der Waals surface area contributed by atoms with E-state index in [4.69, 9.17) is 9.15 Å². The summed E-state index contributed by atoms with van der Waals surface area (Å²) in [5.41, 5.74) is 0.888. The number of benzene rings is 1. The van der Waals surface area contributed by atoms with Crippen LogP contribution in [0.5, 0.6) is 0 Å². The Bertz CT molecular complexity index is 1010. The molecule has 0 unspecified atom stereocenters. The maximum absolute atomic E-state index is 12.1. The van der Waals surface area contributed by atoms with Crippen LogP contribution in [-0.2, 0) is 16.1 Å². The maximum Gasteiger partial charge on any atom is 0.374 e. The van der Waals surface area contributed by atoms with Gasteiger partial charge in [-0.2, -0.15) is 0 Å². The van der Waals surface area contributed by atoms with E-state index in [9.17, 15) is 14.4 Å². The topological polar surface area (TPSA) is 76.8 Å². The predicted molar refractivity (Wildman–Crippen MR) is 98.3 cm³/mol. The number of esters is 1. The number of likely N-dealkylation sites (N-methyl/N-ethyl adjacent to an activating group) is 1. The molecule has 2 heterocycles. The van der Waals surface area contributed by atoms with Crippen LogP contribution in [0, 0.1) is 6.92 Å². The van der Waals surface area contributed by atoms with Gasteiger partial charge in [-0.1, -0.05) is 17.7 Å². The van der Waals surface area contributed by atoms with Crippen molar-refractivity contribution in [3.05, 3.63) is 68.2 Å². The molecule has 1 aromatic carbocycles. The number of carbonyl (C=O) groups is 2. The van der Waals surface area contributed by atoms with Crippen molar-refractivity contribution in [1.82, 2.24) is 4.90 Å². The molecular formula is C19H17NO5S. The van der Waals surface area contributed by atoms with E-state index in [0.29, 0.717) is 17.5 Å². The van der Waals surface area contributed by atoms with E-state index in [1.807, 2.05) is 24.4 Å². The molecule has 26 heavy (non-hydrogen) atoms. The van der Waals surface area contributed by atoms with Gasteiger partial charge in [0.1, 0.15) is 5.58 Å². The molecule has 0 radical (unpaired) electrons. The monoisotopic (exact) mass is 371 g/mol. The highest BCUT2D eigenvalue weighted by molar-refractivity contribution is 7.09. The van der Waals surface area contributed by atoms with E-state index in [2.05, 4.69) is 0 Å². The number of carbonyl (C=O) groups excluding carboxylic acids is 2. The zero-order chi connectivity index (χ0) is 18.7. The Kier molecular flexibility index (Phi) is 5.18. The Morgan fingerprint density at radius 3 is 2.77 bits per heavy atom. The highest BCUT2D eigenvalue weighted by Gasteiger charge is 2.17. The number of thiophene rings is 1. The second-order valence-electron chi connectivity index (χ2n) is 5.88. The van der Waals surface area contributed by atoms with Crippen LogP contribution in [0.3, 0.4) is 0 Å². The lowest BCUT2D eigenvalue weighted by Gasteiger charge is -2.16. The number of fused-ring (bicyclic) bond motifs is 1. The molecule has 2 aromatic heterocycles. The first-order valence-electron chi connectivity index (χ1n) is 7.92. The molecule has 0 atom stereocenters. The lowest BCUT2D eigenvalue weighted by Crippen LogP contribution is -2.30. The Hall–Kier alpha value is -2.93. The van der Waals surface area contributed by atoms with Gasteiger partial charge in [0.25, 0.3) is 5.91 Å². The molecule has 3 rings (SSSR count). The van der Waals surface area contributed by atoms with Crippen LogP contribution in [0.2, 0.25) is 0 Å². The molecular weight excluding hydrogens is 354 g/mol. The van der Waals surface area contributed by atoms with Gasteiger partial charge < -0.3 is 14.1 Å². The Morgan fingerprint density at radius 1 is 1.23 bits per heavy atom. The van der Waals surface area contributed by atoms with E-state index in [-0.39, 0.29) is 17.1 Å². The minimum Gasteiger partial charge on any atom is -0.450 e. The van der Waals surface area contributed by atoms with Crippen LogP contribution in [0.15, 0.2) is 51.0 Å². The fourth-order valence-corrected chi connectivity index (χ4v) is 3.16. The smallest absolute Gasteiger partial charge is 0.374 e. The molecule has 0 aliphatic rings. The van der Waals surface area contributed by atoms with Gasteiger partial charge in [0.05, 0.1) is 11.9 Å². The summed E-state index contributed by atoms with van der Waals surface area (Å²) in [5.74, 6) is -1.41. The predicted octanol–water partition coefficient (Wildman–Crippen LogP) is 2.98. The highest BCUT2D eigenvalue weighted by atomic mass is 32.1. The van der Waals surface area contributed by atoms with E-state index in [1.165, 1.54) is 4.90 Å². The summed E-state index contributed by atoms with van der Waals surface area (Å²) >= 11 is 1.54. The standard InChI is InChI=1S/C19H17NO5S/c1-12-5-6-16-14(8-12)15(21)9-17(25-16)19(23)24-11-18(22)20(2)10-13-4-3-7-26-13/h3-9H,10-11H2,1-2H3. The maximum atomic E-state index is 12.1. The molecule has 0 aliphatic heterocycles. The van der Waals surface area contributed by atoms with Crippen LogP contribution in [-0.4, -0.2) is 30.4 Å². The Balaban J connectivity index is 1.66. The fraction of sp³-hybridized carbons (Fsp3) is 0.211. The zero-order valence-electron chi connectivity index (χ0n) is 14.4. The number of ether oxygens (including phenoxy) is 1. The molecule has 3 aromatic rings. The third kappa shape index (κ3) is 4.00. The molecule has 0 saturated heterocycles. The SMILES string of the molecule is Cc1ccc2oc(C(=O)OCC(=O)N(C)Cc3cccs3)cc(=O)c2c1. The Labute approximate surface area is 153 Å². The molecule has 0 N–H and O–H groups in total. The van der Waals surface area contributed by atoms with Gasteiger partial charge >= 0.3 is 5.97 Å². The number of hydrogen-bond acceptors (Lipinski definition) is 6. The summed E-state index contributed by atoms with van der Waals surface area (Å²) in [6.45, 7) is 1.88. The van der Waals surface area contributed by atoms with Gasteiger partial charge in [-0.3, -0.25) is 9.59 Å². The van der Waals surface area contributed by atoms with Crippen LogP contribution in [0.4, 0.5) is 0 Å². The molecule has 0 spiro atoms. The minimum absolute atomic E-state index is 0.222. The molecule has 1 amide bonds. The molecule has 0 aliphatic carbocycles. The Morgan fingerprint density at radius 2 is 2.04 bits per heavy atom. The van der Waals surface area contributed by atoms with Crippen molar-refractivity contribution in [1.29, 1.82) is 0 Å². The number of rotatable bonds is 5. The second kappa shape index (κ2) is 7.53. The summed E-state index contributed by atoms with van der Waals surface area (Å²) in [6, 6.07) is 10.0. The van der Waals surface area contributed by atoms with Crippen LogP contribution in [0.1, 0.15) is 21.0 Å². The van der Waals surface area contributed by atoms with E-state index in [1.54, 1.807) is 36.6 Å². The molecule has 6 nitrogen and oxygen atoms in total. The first kappa shape index (κ1) is 17.9. The summed E-state index contributed by atoms with van der Waals surface area (Å²) < 4.78 is 10.4. The summed E-state index contributed by atoms with van der Waals surface area (Å²) in [5, 5.41) is 2.32. The molecule has 0 saturated carbocycles. The van der Waals surface area contributed by atoms with Crippen molar-refractivity contribution in [2.24, 2.45) is 0 Å². The van der Waals surface area contributed by atoms with Crippen LogP contribution in [0.25, 0.3) is 11.0 Å². The minimum atomic E-state index is -0.845. The third-order valence-corrected chi connectivity index (χ3v) is 4.67. The average Bonchev–Trinajstić information content (AvgIpc) is 3.12. The first-order chi connectivity index (χ1) is 12.4. The van der Waals surface area contributed by atoms with Gasteiger partial charge in [0.15, 0.2) is 12.0 Å². The van der Waals surface area contributed by atoms with E-state index >= 15 is 0 Å². The number of amides is 1. The average molecular weight is 371 g/mol. The lowest BCUT2D eigenvalue weighted by atomic mass is 10.1. The van der Waals surface area contributed by atoms with Crippen molar-refractivity contribution in [3.63, 3.8) is 0 Å². The van der Waals surface area contributed by atoms with Gasteiger partial charge in [-0.25, -0.2) is 4.79 Å². The van der Waals surface area contributed by atoms with E-state index < -0.39 is 12.6 Å². The van der Waals surface area contributed by atoms with Crippen LogP contribution >= 0.6 is 11.3 Å². The van der Waals surface area contributed by atoms with Gasteiger partial charge in [0, 0.05) is 18.0 Å². The van der Waals surface area contributed by atoms with Gasteiger partial charge in [-0.15, -0.1) is 11.3 Å². The van der Waals surface area contributed by atoms with Gasteiger partial charge in [0.2, 0.25) is 5.76 Å². The van der Waals surface area contributed by atoms with Crippen molar-refractivity contribution in [2.45, 2.75) is 13.5 Å². The van der Waals surface area contributed by atoms with Crippen molar-refractivity contribution in [2.75, 3.05) is 13.7 Å². The molecule has 0 fully saturated rings. The molecule has 7 heteroatoms. The van der Waals surface area contributed by atoms with E-state index in [0.717, 1.165) is 16.5 Å². The van der Waals surface area contributed by atoms with Crippen LogP contribution < -0.4 is 5.43 Å². The van der Waals surface area contributed by atoms with Crippen molar-refractivity contribution in [3.8, 4) is 0 Å². The summed E-state index contributed by atoms with van der Waals surface area (Å²) in [7, 11) is 1.63. The number of hydrogen-bond donors (Lipinski definition) is 0. The molecule has 0 bridgehead atoms. The highest BCUT2D eigenvalue weighted by Crippen LogP contribution is 2.15. The van der Waals surface area contributed by atoms with Gasteiger partial charge in [-0.05, 0) is 30.5 Å². The second-order valence-corrected chi connectivity index (χ2v) is 6.91.